The third-order valence-corrected chi connectivity index (χ3v) is 3.43. The maximum atomic E-state index is 13.5. The number of aryl methyl sites for hydroxylation is 1. The fourth-order valence-corrected chi connectivity index (χ4v) is 2.30. The van der Waals surface area contributed by atoms with E-state index in [0.717, 1.165) is 25.0 Å². The standard InChI is InChI=1S/C14H18F2N2O/c1-9-6-12(16)13(7-11(9)15)18-14(19)8-17-10-4-2-3-5-10/h6-7,10,17H,2-5,8H2,1H3,(H,18,19). The molecule has 0 bridgehead atoms. The van der Waals surface area contributed by atoms with Crippen LogP contribution in [0.15, 0.2) is 12.1 Å². The van der Waals surface area contributed by atoms with Crippen molar-refractivity contribution in [1.82, 2.24) is 5.32 Å². The molecule has 3 nitrogen and oxygen atoms in total. The van der Waals surface area contributed by atoms with E-state index < -0.39 is 11.6 Å². The minimum Gasteiger partial charge on any atom is -0.322 e. The SMILES string of the molecule is Cc1cc(F)c(NC(=O)CNC2CCCC2)cc1F. The molecule has 1 aromatic rings. The maximum Gasteiger partial charge on any atom is 0.238 e. The molecule has 1 amide bonds. The van der Waals surface area contributed by atoms with E-state index in [1.54, 1.807) is 0 Å². The van der Waals surface area contributed by atoms with E-state index in [1.807, 2.05) is 0 Å². The van der Waals surface area contributed by atoms with Gasteiger partial charge in [-0.05, 0) is 31.4 Å². The molecule has 1 aliphatic carbocycles. The zero-order chi connectivity index (χ0) is 13.8. The molecule has 19 heavy (non-hydrogen) atoms. The van der Waals surface area contributed by atoms with Crippen LogP contribution in [0.3, 0.4) is 0 Å². The highest BCUT2D eigenvalue weighted by Gasteiger charge is 2.16. The first-order valence-electron chi connectivity index (χ1n) is 6.55. The third-order valence-electron chi connectivity index (χ3n) is 3.43. The van der Waals surface area contributed by atoms with Gasteiger partial charge in [0.2, 0.25) is 5.91 Å². The second-order valence-corrected chi connectivity index (χ2v) is 4.99. The van der Waals surface area contributed by atoms with Crippen LogP contribution < -0.4 is 10.6 Å². The van der Waals surface area contributed by atoms with Gasteiger partial charge < -0.3 is 10.6 Å². The molecule has 2 rings (SSSR count). The Morgan fingerprint density at radius 2 is 1.95 bits per heavy atom. The van der Waals surface area contributed by atoms with Crippen LogP contribution in [0.5, 0.6) is 0 Å². The molecule has 104 valence electrons. The number of carbonyl (C=O) groups excluding carboxylic acids is 1. The van der Waals surface area contributed by atoms with Gasteiger partial charge in [0.1, 0.15) is 11.6 Å². The molecule has 1 saturated carbocycles. The third kappa shape index (κ3) is 3.73. The first-order chi connectivity index (χ1) is 9.06. The number of amides is 1. The van der Waals surface area contributed by atoms with Gasteiger partial charge in [-0.3, -0.25) is 4.79 Å². The first kappa shape index (κ1) is 13.9. The highest BCUT2D eigenvalue weighted by Crippen LogP contribution is 2.19. The Hall–Kier alpha value is -1.49. The van der Waals surface area contributed by atoms with Crippen molar-refractivity contribution >= 4 is 11.6 Å². The monoisotopic (exact) mass is 268 g/mol. The molecule has 0 unspecified atom stereocenters. The summed E-state index contributed by atoms with van der Waals surface area (Å²) in [7, 11) is 0. The van der Waals surface area contributed by atoms with Crippen LogP contribution in [0, 0.1) is 18.6 Å². The maximum absolute atomic E-state index is 13.5. The van der Waals surface area contributed by atoms with Crippen LogP contribution in [0.4, 0.5) is 14.5 Å². The Balaban J connectivity index is 1.89. The second kappa shape index (κ2) is 6.10. The van der Waals surface area contributed by atoms with E-state index in [2.05, 4.69) is 10.6 Å². The van der Waals surface area contributed by atoms with E-state index in [9.17, 15) is 13.6 Å². The van der Waals surface area contributed by atoms with Crippen LogP contribution in [0.25, 0.3) is 0 Å². The number of hydrogen-bond acceptors (Lipinski definition) is 2. The fraction of sp³-hybridized carbons (Fsp3) is 0.500. The molecule has 0 heterocycles. The van der Waals surface area contributed by atoms with Crippen molar-refractivity contribution in [3.63, 3.8) is 0 Å². The molecule has 1 aliphatic rings. The summed E-state index contributed by atoms with van der Waals surface area (Å²) in [6, 6.07) is 2.46. The van der Waals surface area contributed by atoms with Crippen molar-refractivity contribution in [2.24, 2.45) is 0 Å². The normalized spacial score (nSPS) is 15.7. The zero-order valence-electron chi connectivity index (χ0n) is 10.9. The number of carbonyl (C=O) groups is 1. The lowest BCUT2D eigenvalue weighted by Crippen LogP contribution is -2.34. The van der Waals surface area contributed by atoms with E-state index in [-0.39, 0.29) is 23.7 Å². The van der Waals surface area contributed by atoms with Crippen molar-refractivity contribution in [1.29, 1.82) is 0 Å². The summed E-state index contributed by atoms with van der Waals surface area (Å²) in [6.07, 6.45) is 4.50. The number of nitrogens with one attached hydrogen (secondary N) is 2. The van der Waals surface area contributed by atoms with Gasteiger partial charge in [0.15, 0.2) is 0 Å². The summed E-state index contributed by atoms with van der Waals surface area (Å²) >= 11 is 0. The second-order valence-electron chi connectivity index (χ2n) is 4.99. The lowest BCUT2D eigenvalue weighted by molar-refractivity contribution is -0.115. The van der Waals surface area contributed by atoms with Crippen LogP contribution in [-0.2, 0) is 4.79 Å². The highest BCUT2D eigenvalue weighted by atomic mass is 19.1. The molecule has 1 aromatic carbocycles. The van der Waals surface area contributed by atoms with Crippen molar-refractivity contribution in [3.8, 4) is 0 Å². The van der Waals surface area contributed by atoms with Gasteiger partial charge in [-0.2, -0.15) is 0 Å². The molecule has 0 atom stereocenters. The van der Waals surface area contributed by atoms with Crippen LogP contribution in [0.2, 0.25) is 0 Å². The lowest BCUT2D eigenvalue weighted by atomic mass is 10.2. The average molecular weight is 268 g/mol. The van der Waals surface area contributed by atoms with Gasteiger partial charge >= 0.3 is 0 Å². The molecule has 0 radical (unpaired) electrons. The summed E-state index contributed by atoms with van der Waals surface area (Å²) < 4.78 is 26.8. The van der Waals surface area contributed by atoms with Crippen LogP contribution in [-0.4, -0.2) is 18.5 Å². The van der Waals surface area contributed by atoms with Crippen molar-refractivity contribution in [2.75, 3.05) is 11.9 Å². The fourth-order valence-electron chi connectivity index (χ4n) is 2.30. The Bertz CT molecular complexity index is 471. The molecule has 0 aliphatic heterocycles. The molecule has 0 saturated heterocycles. The highest BCUT2D eigenvalue weighted by molar-refractivity contribution is 5.92. The minimum atomic E-state index is -0.617. The van der Waals surface area contributed by atoms with Crippen molar-refractivity contribution in [2.45, 2.75) is 38.6 Å². The number of hydrogen-bond donors (Lipinski definition) is 2. The van der Waals surface area contributed by atoms with E-state index in [4.69, 9.17) is 0 Å². The lowest BCUT2D eigenvalue weighted by Gasteiger charge is -2.12. The number of halogens is 2. The number of benzene rings is 1. The van der Waals surface area contributed by atoms with Gasteiger partial charge in [0.05, 0.1) is 12.2 Å². The van der Waals surface area contributed by atoms with Crippen molar-refractivity contribution in [3.05, 3.63) is 29.3 Å². The molecular formula is C14H18F2N2O. The number of rotatable bonds is 4. The van der Waals surface area contributed by atoms with E-state index in [0.29, 0.717) is 6.04 Å². The Kier molecular flexibility index (Phi) is 4.47. The molecule has 0 spiro atoms. The summed E-state index contributed by atoms with van der Waals surface area (Å²) in [5.74, 6) is -1.50. The average Bonchev–Trinajstić information content (AvgIpc) is 2.86. The largest absolute Gasteiger partial charge is 0.322 e. The van der Waals surface area contributed by atoms with Crippen LogP contribution >= 0.6 is 0 Å². The van der Waals surface area contributed by atoms with Gasteiger partial charge in [0.25, 0.3) is 0 Å². The minimum absolute atomic E-state index is 0.110. The van der Waals surface area contributed by atoms with E-state index >= 15 is 0 Å². The summed E-state index contributed by atoms with van der Waals surface area (Å²) in [5, 5.41) is 5.50. The Morgan fingerprint density at radius 1 is 1.26 bits per heavy atom. The first-order valence-corrected chi connectivity index (χ1v) is 6.55. The van der Waals surface area contributed by atoms with Gasteiger partial charge in [0, 0.05) is 12.1 Å². The number of anilines is 1. The predicted molar refractivity (Wildman–Crippen MR) is 70.0 cm³/mol. The van der Waals surface area contributed by atoms with E-state index in [1.165, 1.54) is 19.8 Å². The summed E-state index contributed by atoms with van der Waals surface area (Å²) in [5.41, 5.74) is 0.112. The molecule has 5 heteroatoms. The zero-order valence-corrected chi connectivity index (χ0v) is 10.9. The topological polar surface area (TPSA) is 41.1 Å². The van der Waals surface area contributed by atoms with Crippen molar-refractivity contribution < 1.29 is 13.6 Å². The quantitative estimate of drug-likeness (QED) is 0.881. The molecular weight excluding hydrogens is 250 g/mol. The molecule has 1 fully saturated rings. The van der Waals surface area contributed by atoms with Gasteiger partial charge in [-0.1, -0.05) is 12.8 Å². The van der Waals surface area contributed by atoms with Gasteiger partial charge in [-0.25, -0.2) is 8.78 Å². The van der Waals surface area contributed by atoms with Gasteiger partial charge in [-0.15, -0.1) is 0 Å². The summed E-state index contributed by atoms with van der Waals surface area (Å²) in [6.45, 7) is 1.60. The summed E-state index contributed by atoms with van der Waals surface area (Å²) in [4.78, 5) is 11.7. The predicted octanol–water partition coefficient (Wildman–Crippen LogP) is 2.74. The smallest absolute Gasteiger partial charge is 0.238 e. The Morgan fingerprint density at radius 3 is 2.63 bits per heavy atom. The van der Waals surface area contributed by atoms with Crippen LogP contribution in [0.1, 0.15) is 31.2 Å². The Labute approximate surface area is 111 Å². The molecule has 2 N–H and O–H groups in total. The molecule has 0 aromatic heterocycles.